The van der Waals surface area contributed by atoms with Crippen molar-refractivity contribution < 1.29 is 17.6 Å². The van der Waals surface area contributed by atoms with Gasteiger partial charge in [-0.05, 0) is 51.3 Å². The Balaban J connectivity index is 2.55. The summed E-state index contributed by atoms with van der Waals surface area (Å²) >= 11 is 0. The quantitative estimate of drug-likeness (QED) is 0.781. The minimum Gasteiger partial charge on any atom is -0.334 e. The number of carbonyl (C=O) groups excluding carboxylic acids is 1. The second-order valence-corrected chi connectivity index (χ2v) is 8.42. The molecular weight excluding hydrogens is 317 g/mol. The molecule has 1 aromatic carbocycles. The number of hydrogen-bond donors (Lipinski definition) is 0. The van der Waals surface area contributed by atoms with E-state index in [-0.39, 0.29) is 27.5 Å². The summed E-state index contributed by atoms with van der Waals surface area (Å²) < 4.78 is 36.7. The fraction of sp³-hybridized carbons (Fsp3) is 0.500. The lowest BCUT2D eigenvalue weighted by molar-refractivity contribution is 0.0650. The first-order chi connectivity index (χ1) is 9.54. The summed E-state index contributed by atoms with van der Waals surface area (Å²) in [7, 11) is 1.21. The van der Waals surface area contributed by atoms with Crippen LogP contribution in [0.5, 0.6) is 0 Å². The molecule has 1 aliphatic heterocycles. The maximum atomic E-state index is 13.7. The Kier molecular flexibility index (Phi) is 4.06. The summed E-state index contributed by atoms with van der Waals surface area (Å²) in [6, 6.07) is 1.90. The molecule has 1 heterocycles. The molecule has 0 radical (unpaired) electrons. The fourth-order valence-corrected chi connectivity index (χ4v) is 3.97. The highest BCUT2D eigenvalue weighted by Gasteiger charge is 2.37. The van der Waals surface area contributed by atoms with E-state index in [2.05, 4.69) is 0 Å². The number of amides is 1. The van der Waals surface area contributed by atoms with Gasteiger partial charge >= 0.3 is 0 Å². The van der Waals surface area contributed by atoms with E-state index in [0.717, 1.165) is 25.0 Å². The van der Waals surface area contributed by atoms with E-state index in [1.165, 1.54) is 6.92 Å². The molecule has 21 heavy (non-hydrogen) atoms. The second kappa shape index (κ2) is 5.25. The molecule has 0 aromatic heterocycles. The van der Waals surface area contributed by atoms with Crippen LogP contribution >= 0.6 is 10.7 Å². The molecule has 1 fully saturated rings. The van der Waals surface area contributed by atoms with Crippen LogP contribution in [-0.4, -0.2) is 31.3 Å². The summed E-state index contributed by atoms with van der Waals surface area (Å²) in [4.78, 5) is 13.9. The van der Waals surface area contributed by atoms with Crippen LogP contribution in [0.15, 0.2) is 17.0 Å². The fourth-order valence-electron chi connectivity index (χ4n) is 2.76. The molecule has 0 saturated carbocycles. The zero-order valence-electron chi connectivity index (χ0n) is 12.1. The lowest BCUT2D eigenvalue weighted by Gasteiger charge is -2.32. The van der Waals surface area contributed by atoms with Crippen LogP contribution in [0.3, 0.4) is 0 Å². The van der Waals surface area contributed by atoms with Crippen molar-refractivity contribution in [1.29, 1.82) is 0 Å². The van der Waals surface area contributed by atoms with Crippen molar-refractivity contribution in [2.24, 2.45) is 0 Å². The number of likely N-dealkylation sites (tertiary alicyclic amines) is 1. The topological polar surface area (TPSA) is 54.5 Å². The van der Waals surface area contributed by atoms with Crippen molar-refractivity contribution in [3.63, 3.8) is 0 Å². The SMILES string of the molecule is Cc1c(C(=O)N2CCCC2(C)C)cc(F)cc1S(=O)(=O)Cl. The third-order valence-electron chi connectivity index (χ3n) is 3.96. The molecule has 1 aliphatic rings. The molecule has 1 aromatic rings. The van der Waals surface area contributed by atoms with E-state index in [9.17, 15) is 17.6 Å². The third kappa shape index (κ3) is 3.06. The predicted molar refractivity (Wildman–Crippen MR) is 78.5 cm³/mol. The third-order valence-corrected chi connectivity index (χ3v) is 5.41. The molecule has 2 rings (SSSR count). The Bertz CT molecular complexity index is 700. The monoisotopic (exact) mass is 333 g/mol. The molecular formula is C14H17ClFNO3S. The van der Waals surface area contributed by atoms with Crippen molar-refractivity contribution in [1.82, 2.24) is 4.90 Å². The number of hydrogen-bond acceptors (Lipinski definition) is 3. The summed E-state index contributed by atoms with van der Waals surface area (Å²) in [5.74, 6) is -1.16. The van der Waals surface area contributed by atoms with E-state index in [0.29, 0.717) is 6.54 Å². The number of nitrogens with zero attached hydrogens (tertiary/aromatic N) is 1. The van der Waals surface area contributed by atoms with Crippen molar-refractivity contribution in [3.05, 3.63) is 29.1 Å². The van der Waals surface area contributed by atoms with Crippen LogP contribution in [0.25, 0.3) is 0 Å². The van der Waals surface area contributed by atoms with Gasteiger partial charge in [-0.3, -0.25) is 4.79 Å². The van der Waals surface area contributed by atoms with Gasteiger partial charge in [-0.1, -0.05) is 0 Å². The van der Waals surface area contributed by atoms with Crippen molar-refractivity contribution in [2.45, 2.75) is 44.0 Å². The van der Waals surface area contributed by atoms with Gasteiger partial charge in [0.25, 0.3) is 15.0 Å². The van der Waals surface area contributed by atoms with Gasteiger partial charge in [0.1, 0.15) is 5.82 Å². The van der Waals surface area contributed by atoms with Gasteiger partial charge < -0.3 is 4.90 Å². The zero-order valence-corrected chi connectivity index (χ0v) is 13.7. The Morgan fingerprint density at radius 3 is 2.48 bits per heavy atom. The van der Waals surface area contributed by atoms with E-state index in [1.54, 1.807) is 4.90 Å². The highest BCUT2D eigenvalue weighted by atomic mass is 35.7. The van der Waals surface area contributed by atoms with Crippen molar-refractivity contribution in [3.8, 4) is 0 Å². The van der Waals surface area contributed by atoms with Crippen LogP contribution in [0.4, 0.5) is 4.39 Å². The first kappa shape index (κ1) is 16.2. The molecule has 0 bridgehead atoms. The number of halogens is 2. The van der Waals surface area contributed by atoms with Crippen LogP contribution in [0.2, 0.25) is 0 Å². The molecule has 1 saturated heterocycles. The summed E-state index contributed by atoms with van der Waals surface area (Å²) in [5, 5.41) is 0. The molecule has 0 unspecified atom stereocenters. The molecule has 0 N–H and O–H groups in total. The average Bonchev–Trinajstić information content (AvgIpc) is 2.69. The van der Waals surface area contributed by atoms with Crippen LogP contribution < -0.4 is 0 Å². The van der Waals surface area contributed by atoms with E-state index in [1.807, 2.05) is 13.8 Å². The average molecular weight is 334 g/mol. The van der Waals surface area contributed by atoms with Gasteiger partial charge in [0.05, 0.1) is 4.90 Å². The zero-order chi connectivity index (χ0) is 16.0. The predicted octanol–water partition coefficient (Wildman–Crippen LogP) is 3.08. The maximum absolute atomic E-state index is 13.7. The lowest BCUT2D eigenvalue weighted by atomic mass is 10.00. The van der Waals surface area contributed by atoms with Crippen molar-refractivity contribution in [2.75, 3.05) is 6.54 Å². The highest BCUT2D eigenvalue weighted by molar-refractivity contribution is 8.13. The van der Waals surface area contributed by atoms with Crippen LogP contribution in [-0.2, 0) is 9.05 Å². The molecule has 0 atom stereocenters. The first-order valence-corrected chi connectivity index (χ1v) is 8.92. The van der Waals surface area contributed by atoms with E-state index < -0.39 is 14.9 Å². The van der Waals surface area contributed by atoms with Crippen LogP contribution in [0, 0.1) is 12.7 Å². The minimum absolute atomic E-state index is 0.0456. The molecule has 0 spiro atoms. The lowest BCUT2D eigenvalue weighted by Crippen LogP contribution is -2.43. The minimum atomic E-state index is -4.10. The van der Waals surface area contributed by atoms with Gasteiger partial charge in [0, 0.05) is 28.3 Å². The highest BCUT2D eigenvalue weighted by Crippen LogP contribution is 2.32. The smallest absolute Gasteiger partial charge is 0.261 e. The first-order valence-electron chi connectivity index (χ1n) is 6.61. The largest absolute Gasteiger partial charge is 0.334 e. The van der Waals surface area contributed by atoms with Gasteiger partial charge in [-0.2, -0.15) is 0 Å². The van der Waals surface area contributed by atoms with Gasteiger partial charge in [0.15, 0.2) is 0 Å². The normalized spacial score (nSPS) is 18.0. The van der Waals surface area contributed by atoms with Gasteiger partial charge in [-0.15, -0.1) is 0 Å². The number of carbonyl (C=O) groups is 1. The molecule has 116 valence electrons. The molecule has 7 heteroatoms. The Morgan fingerprint density at radius 2 is 2.00 bits per heavy atom. The Labute approximate surface area is 128 Å². The summed E-state index contributed by atoms with van der Waals surface area (Å²) in [6.45, 7) is 5.91. The maximum Gasteiger partial charge on any atom is 0.261 e. The van der Waals surface area contributed by atoms with E-state index in [4.69, 9.17) is 10.7 Å². The number of rotatable bonds is 2. The molecule has 4 nitrogen and oxygen atoms in total. The molecule has 0 aliphatic carbocycles. The van der Waals surface area contributed by atoms with Gasteiger partial charge in [0.2, 0.25) is 0 Å². The standard InChI is InChI=1S/C14H17ClFNO3S/c1-9-11(7-10(16)8-12(9)21(15,19)20)13(18)17-6-4-5-14(17,2)3/h7-8H,4-6H2,1-3H3. The van der Waals surface area contributed by atoms with Gasteiger partial charge in [-0.25, -0.2) is 12.8 Å². The number of benzene rings is 1. The molecule has 1 amide bonds. The summed E-state index contributed by atoms with van der Waals surface area (Å²) in [6.07, 6.45) is 1.72. The summed E-state index contributed by atoms with van der Waals surface area (Å²) in [5.41, 5.74) is -0.0983. The van der Waals surface area contributed by atoms with Crippen molar-refractivity contribution >= 4 is 25.6 Å². The Morgan fingerprint density at radius 1 is 1.38 bits per heavy atom. The Hall–Kier alpha value is -1.14. The second-order valence-electron chi connectivity index (χ2n) is 5.89. The van der Waals surface area contributed by atoms with Crippen LogP contribution in [0.1, 0.15) is 42.6 Å². The van der Waals surface area contributed by atoms with E-state index >= 15 is 0 Å².